The molecule has 0 saturated carbocycles. The van der Waals surface area contributed by atoms with Crippen LogP contribution in [-0.4, -0.2) is 19.1 Å². The number of rotatable bonds is 0. The van der Waals surface area contributed by atoms with E-state index in [4.69, 9.17) is 13.5 Å². The monoisotopic (exact) mass is 130 g/mol. The maximum absolute atomic E-state index is 9.06. The standard InChI is InChI=1S/CH2O3S.ClH/c2-1-5(3)4;/h1-2H;1H. The second-order valence-corrected chi connectivity index (χ2v) is 1.10. The van der Waals surface area contributed by atoms with Gasteiger partial charge in [-0.15, -0.1) is 12.4 Å². The van der Waals surface area contributed by atoms with E-state index in [0.29, 0.717) is 0 Å². The molecule has 0 aliphatic rings. The molecule has 0 aromatic carbocycles. The summed E-state index contributed by atoms with van der Waals surface area (Å²) in [6, 6.07) is 0. The van der Waals surface area contributed by atoms with Crippen molar-refractivity contribution in [3.05, 3.63) is 0 Å². The van der Waals surface area contributed by atoms with Crippen molar-refractivity contribution >= 4 is 28.3 Å². The van der Waals surface area contributed by atoms with Gasteiger partial charge >= 0.3 is 0 Å². The number of aliphatic hydroxyl groups excluding tert-OH is 1. The summed E-state index contributed by atoms with van der Waals surface area (Å²) in [6.07, 6.45) is 0. The van der Waals surface area contributed by atoms with E-state index < -0.39 is 10.3 Å². The average Bonchev–Trinajstić information content (AvgIpc) is 1.38. The summed E-state index contributed by atoms with van der Waals surface area (Å²) in [4.78, 5) is 0. The summed E-state index contributed by atoms with van der Waals surface area (Å²) in [5, 5.41) is 7.41. The second kappa shape index (κ2) is 4.94. The Balaban J connectivity index is 0. The molecule has 0 atom stereocenters. The summed E-state index contributed by atoms with van der Waals surface area (Å²) in [7, 11) is -2.39. The van der Waals surface area contributed by atoms with E-state index in [1.165, 1.54) is 0 Å². The summed E-state index contributed by atoms with van der Waals surface area (Å²) >= 11 is 0. The van der Waals surface area contributed by atoms with E-state index in [1.54, 1.807) is 0 Å². The molecule has 6 heavy (non-hydrogen) atoms. The molecular formula is CH3ClO3S. The van der Waals surface area contributed by atoms with Crippen molar-refractivity contribution < 1.29 is 13.5 Å². The normalized spacial score (nSPS) is 5.50. The molecule has 0 unspecified atom stereocenters. The minimum atomic E-state index is -2.39. The summed E-state index contributed by atoms with van der Waals surface area (Å²) in [6.45, 7) is 0. The molecular weight excluding hydrogens is 128 g/mol. The Bertz CT molecular complexity index is 114. The van der Waals surface area contributed by atoms with Gasteiger partial charge in [-0.1, -0.05) is 0 Å². The lowest BCUT2D eigenvalue weighted by Gasteiger charge is -1.40. The maximum atomic E-state index is 9.06. The van der Waals surface area contributed by atoms with Gasteiger partial charge in [0, 0.05) is 0 Å². The zero-order valence-electron chi connectivity index (χ0n) is 2.66. The lowest BCUT2D eigenvalue weighted by atomic mass is 11.8. The third-order valence-electron chi connectivity index (χ3n) is 0.0861. The van der Waals surface area contributed by atoms with Crippen LogP contribution in [0.4, 0.5) is 0 Å². The Hall–Kier alpha value is -0.0600. The van der Waals surface area contributed by atoms with E-state index >= 15 is 0 Å². The van der Waals surface area contributed by atoms with Crippen molar-refractivity contribution in [2.45, 2.75) is 0 Å². The highest BCUT2D eigenvalue weighted by Gasteiger charge is 1.48. The Labute approximate surface area is 42.5 Å². The van der Waals surface area contributed by atoms with Gasteiger partial charge in [0.15, 0.2) is 5.55 Å². The molecule has 0 bridgehead atoms. The first-order valence-corrected chi connectivity index (χ1v) is 1.97. The Morgan fingerprint density at radius 1 is 1.50 bits per heavy atom. The van der Waals surface area contributed by atoms with Crippen LogP contribution in [0.15, 0.2) is 0 Å². The molecule has 0 aromatic heterocycles. The van der Waals surface area contributed by atoms with Gasteiger partial charge in [-0.05, 0) is 0 Å². The van der Waals surface area contributed by atoms with Crippen molar-refractivity contribution in [2.24, 2.45) is 0 Å². The SMILES string of the molecule is Cl.O=S(=O)=CO. The van der Waals surface area contributed by atoms with E-state index in [-0.39, 0.29) is 18.0 Å². The molecule has 0 saturated heterocycles. The molecule has 3 nitrogen and oxygen atoms in total. The first-order chi connectivity index (χ1) is 2.27. The molecule has 0 aromatic rings. The van der Waals surface area contributed by atoms with Gasteiger partial charge in [0.1, 0.15) is 0 Å². The zero-order chi connectivity index (χ0) is 4.28. The van der Waals surface area contributed by atoms with E-state index in [9.17, 15) is 0 Å². The Morgan fingerprint density at radius 2 is 1.67 bits per heavy atom. The highest BCUT2D eigenvalue weighted by atomic mass is 35.5. The molecule has 0 heterocycles. The van der Waals surface area contributed by atoms with Gasteiger partial charge in [-0.2, -0.15) is 8.42 Å². The van der Waals surface area contributed by atoms with Crippen molar-refractivity contribution in [3.8, 4) is 0 Å². The summed E-state index contributed by atoms with van der Waals surface area (Å²) in [5.41, 5.74) is 0.0833. The van der Waals surface area contributed by atoms with Crippen molar-refractivity contribution in [2.75, 3.05) is 0 Å². The van der Waals surface area contributed by atoms with Crippen LogP contribution in [0.5, 0.6) is 0 Å². The molecule has 1 N–H and O–H groups in total. The molecule has 38 valence electrons. The van der Waals surface area contributed by atoms with E-state index in [0.717, 1.165) is 0 Å². The summed E-state index contributed by atoms with van der Waals surface area (Å²) < 4.78 is 18.1. The van der Waals surface area contributed by atoms with Crippen LogP contribution in [0.25, 0.3) is 0 Å². The van der Waals surface area contributed by atoms with Crippen molar-refractivity contribution in [3.63, 3.8) is 0 Å². The third kappa shape index (κ3) is 9.05. The largest absolute Gasteiger partial charge is 0.354 e. The Morgan fingerprint density at radius 3 is 1.67 bits per heavy atom. The second-order valence-electron chi connectivity index (χ2n) is 0.366. The minimum Gasteiger partial charge on any atom is -0.354 e. The third-order valence-corrected chi connectivity index (χ3v) is 0.258. The first-order valence-electron chi connectivity index (χ1n) is 0.827. The highest BCUT2D eigenvalue weighted by Crippen LogP contribution is 1.23. The molecule has 0 aliphatic carbocycles. The van der Waals surface area contributed by atoms with Gasteiger partial charge in [0.2, 0.25) is 10.3 Å². The number of aliphatic hydroxyl groups is 1. The minimum absolute atomic E-state index is 0. The Kier molecular flexibility index (Phi) is 7.69. The van der Waals surface area contributed by atoms with Crippen molar-refractivity contribution in [1.29, 1.82) is 0 Å². The van der Waals surface area contributed by atoms with Crippen LogP contribution in [0.2, 0.25) is 0 Å². The fourth-order valence-electron chi connectivity index (χ4n) is 0. The fraction of sp³-hybridized carbons (Fsp3) is 0. The highest BCUT2D eigenvalue weighted by molar-refractivity contribution is 7.71. The van der Waals surface area contributed by atoms with Gasteiger partial charge in [-0.25, -0.2) is 0 Å². The van der Waals surface area contributed by atoms with Crippen LogP contribution >= 0.6 is 12.4 Å². The molecule has 0 amide bonds. The lowest BCUT2D eigenvalue weighted by Crippen LogP contribution is -1.62. The predicted molar refractivity (Wildman–Crippen MR) is 24.9 cm³/mol. The molecule has 0 fully saturated rings. The molecule has 0 aliphatic heterocycles. The van der Waals surface area contributed by atoms with Crippen LogP contribution in [0.1, 0.15) is 0 Å². The molecule has 0 radical (unpaired) electrons. The van der Waals surface area contributed by atoms with Gasteiger partial charge in [-0.3, -0.25) is 0 Å². The quantitative estimate of drug-likeness (QED) is 0.454. The van der Waals surface area contributed by atoms with E-state index in [1.807, 2.05) is 0 Å². The zero-order valence-corrected chi connectivity index (χ0v) is 4.29. The smallest absolute Gasteiger partial charge is 0.237 e. The number of halogens is 1. The molecule has 0 rings (SSSR count). The van der Waals surface area contributed by atoms with Crippen LogP contribution < -0.4 is 0 Å². The molecule has 5 heteroatoms. The summed E-state index contributed by atoms with van der Waals surface area (Å²) in [5.74, 6) is 0. The first kappa shape index (κ1) is 9.34. The van der Waals surface area contributed by atoms with Gasteiger partial charge < -0.3 is 5.11 Å². The average molecular weight is 131 g/mol. The van der Waals surface area contributed by atoms with Crippen molar-refractivity contribution in [1.82, 2.24) is 0 Å². The van der Waals surface area contributed by atoms with E-state index in [2.05, 4.69) is 0 Å². The number of hydrogen-bond donors (Lipinski definition) is 1. The number of hydrogen-bond acceptors (Lipinski definition) is 2. The van der Waals surface area contributed by atoms with Crippen LogP contribution in [0.3, 0.4) is 0 Å². The predicted octanol–water partition coefficient (Wildman–Crippen LogP) is -0.395. The maximum Gasteiger partial charge on any atom is 0.237 e. The lowest BCUT2D eigenvalue weighted by molar-refractivity contribution is 0.581. The van der Waals surface area contributed by atoms with Gasteiger partial charge in [0.25, 0.3) is 0 Å². The van der Waals surface area contributed by atoms with Gasteiger partial charge in [0.05, 0.1) is 0 Å². The topological polar surface area (TPSA) is 54.4 Å². The molecule has 0 spiro atoms. The van der Waals surface area contributed by atoms with Crippen LogP contribution in [0, 0.1) is 0 Å². The fourth-order valence-corrected chi connectivity index (χ4v) is 0. The van der Waals surface area contributed by atoms with Crippen LogP contribution in [-0.2, 0) is 10.3 Å².